The van der Waals surface area contributed by atoms with Crippen LogP contribution in [0.3, 0.4) is 0 Å². The van der Waals surface area contributed by atoms with Gasteiger partial charge < -0.3 is 10.5 Å². The molecule has 1 aromatic rings. The van der Waals surface area contributed by atoms with E-state index in [1.165, 1.54) is 24.8 Å². The summed E-state index contributed by atoms with van der Waals surface area (Å²) in [4.78, 5) is 0. The average Bonchev–Trinajstić information content (AvgIpc) is 2.38. The zero-order valence-electron chi connectivity index (χ0n) is 12.5. The standard InChI is InChI=1S/C17H27NO/c1-4-14-6-5-11-17(18,12-14)15-7-9-16(10-8-15)19-13(2)3/h7-10,13-14H,4-6,11-12,18H2,1-3H3. The van der Waals surface area contributed by atoms with Crippen molar-refractivity contribution in [2.75, 3.05) is 0 Å². The summed E-state index contributed by atoms with van der Waals surface area (Å²) in [6.45, 7) is 6.37. The van der Waals surface area contributed by atoms with E-state index in [1.54, 1.807) is 0 Å². The first-order chi connectivity index (χ1) is 9.03. The van der Waals surface area contributed by atoms with Gasteiger partial charge in [0.15, 0.2) is 0 Å². The molecule has 0 spiro atoms. The summed E-state index contributed by atoms with van der Waals surface area (Å²) in [6.07, 6.45) is 6.27. The average molecular weight is 261 g/mol. The second-order valence-corrected chi connectivity index (χ2v) is 6.22. The van der Waals surface area contributed by atoms with Crippen molar-refractivity contribution in [3.63, 3.8) is 0 Å². The van der Waals surface area contributed by atoms with Gasteiger partial charge in [0, 0.05) is 5.54 Å². The van der Waals surface area contributed by atoms with E-state index in [0.29, 0.717) is 0 Å². The van der Waals surface area contributed by atoms with E-state index >= 15 is 0 Å². The molecule has 0 bridgehead atoms. The lowest BCUT2D eigenvalue weighted by atomic mass is 9.72. The van der Waals surface area contributed by atoms with Crippen molar-refractivity contribution in [3.8, 4) is 5.75 Å². The van der Waals surface area contributed by atoms with Crippen molar-refractivity contribution >= 4 is 0 Å². The predicted molar refractivity (Wildman–Crippen MR) is 80.3 cm³/mol. The van der Waals surface area contributed by atoms with Gasteiger partial charge in [-0.2, -0.15) is 0 Å². The molecular weight excluding hydrogens is 234 g/mol. The molecule has 2 rings (SSSR count). The van der Waals surface area contributed by atoms with E-state index in [1.807, 2.05) is 13.8 Å². The van der Waals surface area contributed by atoms with Gasteiger partial charge in [0.2, 0.25) is 0 Å². The molecule has 0 aliphatic heterocycles. The summed E-state index contributed by atoms with van der Waals surface area (Å²) in [5, 5.41) is 0. The fraction of sp³-hybridized carbons (Fsp3) is 0.647. The second kappa shape index (κ2) is 5.96. The number of ether oxygens (including phenoxy) is 1. The van der Waals surface area contributed by atoms with Crippen LogP contribution in [-0.2, 0) is 5.54 Å². The molecule has 1 aromatic carbocycles. The van der Waals surface area contributed by atoms with Gasteiger partial charge in [0.1, 0.15) is 5.75 Å². The van der Waals surface area contributed by atoms with Crippen LogP contribution < -0.4 is 10.5 Å². The summed E-state index contributed by atoms with van der Waals surface area (Å²) in [7, 11) is 0. The zero-order valence-corrected chi connectivity index (χ0v) is 12.5. The summed E-state index contributed by atoms with van der Waals surface area (Å²) in [5.74, 6) is 1.72. The Morgan fingerprint density at radius 2 is 2.00 bits per heavy atom. The Labute approximate surface area is 117 Å². The molecule has 2 heteroatoms. The summed E-state index contributed by atoms with van der Waals surface area (Å²) in [6, 6.07) is 8.41. The number of benzene rings is 1. The Morgan fingerprint density at radius 3 is 2.58 bits per heavy atom. The number of rotatable bonds is 4. The van der Waals surface area contributed by atoms with Crippen LogP contribution in [0.2, 0.25) is 0 Å². The van der Waals surface area contributed by atoms with Crippen LogP contribution in [0.5, 0.6) is 5.75 Å². The smallest absolute Gasteiger partial charge is 0.119 e. The fourth-order valence-electron chi connectivity index (χ4n) is 3.17. The Kier molecular flexibility index (Phi) is 4.51. The van der Waals surface area contributed by atoms with Gasteiger partial charge in [-0.25, -0.2) is 0 Å². The van der Waals surface area contributed by atoms with Crippen LogP contribution in [0.25, 0.3) is 0 Å². The van der Waals surface area contributed by atoms with Crippen LogP contribution in [0.4, 0.5) is 0 Å². The number of nitrogens with two attached hydrogens (primary N) is 1. The van der Waals surface area contributed by atoms with Crippen molar-refractivity contribution in [1.29, 1.82) is 0 Å². The predicted octanol–water partition coefficient (Wildman–Crippen LogP) is 4.23. The topological polar surface area (TPSA) is 35.2 Å². The van der Waals surface area contributed by atoms with Crippen molar-refractivity contribution in [2.45, 2.75) is 64.5 Å². The first-order valence-electron chi connectivity index (χ1n) is 7.59. The third-order valence-electron chi connectivity index (χ3n) is 4.27. The van der Waals surface area contributed by atoms with Gasteiger partial charge in [-0.3, -0.25) is 0 Å². The Bertz CT molecular complexity index is 398. The van der Waals surface area contributed by atoms with E-state index in [-0.39, 0.29) is 11.6 Å². The number of hydrogen-bond acceptors (Lipinski definition) is 2. The van der Waals surface area contributed by atoms with Gasteiger partial charge in [-0.05, 0) is 50.3 Å². The molecule has 0 aromatic heterocycles. The van der Waals surface area contributed by atoms with Crippen molar-refractivity contribution in [3.05, 3.63) is 29.8 Å². The molecule has 1 aliphatic rings. The zero-order chi connectivity index (χ0) is 13.9. The van der Waals surface area contributed by atoms with Gasteiger partial charge in [0.25, 0.3) is 0 Å². The first-order valence-corrected chi connectivity index (χ1v) is 7.59. The Balaban J connectivity index is 2.12. The number of hydrogen-bond donors (Lipinski definition) is 1. The maximum absolute atomic E-state index is 6.66. The van der Waals surface area contributed by atoms with Crippen LogP contribution in [0, 0.1) is 5.92 Å². The lowest BCUT2D eigenvalue weighted by Crippen LogP contribution is -2.41. The molecule has 0 saturated heterocycles. The molecule has 106 valence electrons. The van der Waals surface area contributed by atoms with Gasteiger partial charge >= 0.3 is 0 Å². The normalized spacial score (nSPS) is 27.5. The minimum Gasteiger partial charge on any atom is -0.491 e. The van der Waals surface area contributed by atoms with Crippen LogP contribution in [0.15, 0.2) is 24.3 Å². The summed E-state index contributed by atoms with van der Waals surface area (Å²) in [5.41, 5.74) is 7.79. The first kappa shape index (κ1) is 14.4. The summed E-state index contributed by atoms with van der Waals surface area (Å²) >= 11 is 0. The monoisotopic (exact) mass is 261 g/mol. The van der Waals surface area contributed by atoms with E-state index in [0.717, 1.165) is 24.5 Å². The molecular formula is C17H27NO. The third-order valence-corrected chi connectivity index (χ3v) is 4.27. The molecule has 0 amide bonds. The Morgan fingerprint density at radius 1 is 1.32 bits per heavy atom. The molecule has 2 N–H and O–H groups in total. The Hall–Kier alpha value is -1.02. The molecule has 1 aliphatic carbocycles. The molecule has 1 saturated carbocycles. The van der Waals surface area contributed by atoms with E-state index < -0.39 is 0 Å². The molecule has 1 fully saturated rings. The van der Waals surface area contributed by atoms with Gasteiger partial charge in [-0.1, -0.05) is 38.3 Å². The maximum atomic E-state index is 6.66. The van der Waals surface area contributed by atoms with E-state index in [4.69, 9.17) is 10.5 Å². The second-order valence-electron chi connectivity index (χ2n) is 6.22. The minimum atomic E-state index is -0.130. The lowest BCUT2D eigenvalue weighted by Gasteiger charge is -2.38. The van der Waals surface area contributed by atoms with Crippen molar-refractivity contribution in [2.24, 2.45) is 11.7 Å². The minimum absolute atomic E-state index is 0.130. The molecule has 2 nitrogen and oxygen atoms in total. The molecule has 19 heavy (non-hydrogen) atoms. The van der Waals surface area contributed by atoms with Crippen LogP contribution >= 0.6 is 0 Å². The van der Waals surface area contributed by atoms with Gasteiger partial charge in [-0.15, -0.1) is 0 Å². The SMILES string of the molecule is CCC1CCCC(N)(c2ccc(OC(C)C)cc2)C1. The fourth-order valence-corrected chi connectivity index (χ4v) is 3.17. The third kappa shape index (κ3) is 3.50. The molecule has 2 unspecified atom stereocenters. The molecule has 2 atom stereocenters. The maximum Gasteiger partial charge on any atom is 0.119 e. The summed E-state index contributed by atoms with van der Waals surface area (Å²) < 4.78 is 5.69. The molecule has 0 heterocycles. The highest BCUT2D eigenvalue weighted by Crippen LogP contribution is 2.39. The van der Waals surface area contributed by atoms with E-state index in [2.05, 4.69) is 31.2 Å². The lowest BCUT2D eigenvalue weighted by molar-refractivity contribution is 0.220. The highest BCUT2D eigenvalue weighted by Gasteiger charge is 2.33. The quantitative estimate of drug-likeness (QED) is 0.880. The van der Waals surface area contributed by atoms with Gasteiger partial charge in [0.05, 0.1) is 6.10 Å². The molecule has 0 radical (unpaired) electrons. The van der Waals surface area contributed by atoms with E-state index in [9.17, 15) is 0 Å². The largest absolute Gasteiger partial charge is 0.491 e. The highest BCUT2D eigenvalue weighted by atomic mass is 16.5. The van der Waals surface area contributed by atoms with Crippen molar-refractivity contribution < 1.29 is 4.74 Å². The van der Waals surface area contributed by atoms with Crippen LogP contribution in [-0.4, -0.2) is 6.10 Å². The highest BCUT2D eigenvalue weighted by molar-refractivity contribution is 5.32. The van der Waals surface area contributed by atoms with Crippen molar-refractivity contribution in [1.82, 2.24) is 0 Å². The van der Waals surface area contributed by atoms with Crippen LogP contribution in [0.1, 0.15) is 58.4 Å².